The van der Waals surface area contributed by atoms with Gasteiger partial charge in [0.25, 0.3) is 0 Å². The Bertz CT molecular complexity index is 406. The van der Waals surface area contributed by atoms with Crippen LogP contribution in [0.3, 0.4) is 0 Å². The highest BCUT2D eigenvalue weighted by Crippen LogP contribution is 2.17. The van der Waals surface area contributed by atoms with E-state index in [4.69, 9.17) is 5.73 Å². The normalized spacial score (nSPS) is 11.9. The molecular formula is C13H19N3. The van der Waals surface area contributed by atoms with Crippen LogP contribution in [0.1, 0.15) is 43.5 Å². The molecule has 0 aliphatic carbocycles. The summed E-state index contributed by atoms with van der Waals surface area (Å²) in [4.78, 5) is 8.36. The molecule has 0 saturated carbocycles. The number of aryl methyl sites for hydroxylation is 1. The Morgan fingerprint density at radius 1 is 1.62 bits per heavy atom. The monoisotopic (exact) mass is 217 g/mol. The molecule has 1 heterocycles. The fourth-order valence-electron chi connectivity index (χ4n) is 1.50. The van der Waals surface area contributed by atoms with Crippen molar-refractivity contribution in [3.05, 3.63) is 41.9 Å². The molecule has 0 aliphatic rings. The van der Waals surface area contributed by atoms with Gasteiger partial charge in [-0.3, -0.25) is 4.98 Å². The van der Waals surface area contributed by atoms with E-state index in [1.165, 1.54) is 11.8 Å². The number of rotatable bonds is 4. The molecule has 0 amide bonds. The Labute approximate surface area is 97.1 Å². The molecule has 3 nitrogen and oxygen atoms in total. The minimum absolute atomic E-state index is 0.433. The highest BCUT2D eigenvalue weighted by molar-refractivity contribution is 5.97. The van der Waals surface area contributed by atoms with Crippen molar-refractivity contribution in [2.45, 2.75) is 33.1 Å². The molecule has 2 N–H and O–H groups in total. The molecule has 1 aromatic rings. The van der Waals surface area contributed by atoms with Gasteiger partial charge in [0.05, 0.1) is 0 Å². The van der Waals surface area contributed by atoms with Gasteiger partial charge in [-0.2, -0.15) is 0 Å². The smallest absolute Gasteiger partial charge is 0.149 e. The van der Waals surface area contributed by atoms with E-state index in [0.717, 1.165) is 17.7 Å². The van der Waals surface area contributed by atoms with Crippen molar-refractivity contribution in [2.24, 2.45) is 10.7 Å². The first-order valence-corrected chi connectivity index (χ1v) is 5.53. The van der Waals surface area contributed by atoms with Crippen LogP contribution in [0.4, 0.5) is 0 Å². The summed E-state index contributed by atoms with van der Waals surface area (Å²) in [6.07, 6.45) is 4.20. The molecule has 0 bridgehead atoms. The van der Waals surface area contributed by atoms with Gasteiger partial charge in [0, 0.05) is 12.4 Å². The molecule has 1 aromatic heterocycles. The van der Waals surface area contributed by atoms with E-state index in [-0.39, 0.29) is 0 Å². The molecule has 1 rings (SSSR count). The minimum atomic E-state index is 0.433. The maximum absolute atomic E-state index is 5.82. The molecule has 86 valence electrons. The molecule has 0 aliphatic heterocycles. The van der Waals surface area contributed by atoms with E-state index in [9.17, 15) is 0 Å². The lowest BCUT2D eigenvalue weighted by molar-refractivity contribution is 0.850. The van der Waals surface area contributed by atoms with Gasteiger partial charge >= 0.3 is 0 Å². The van der Waals surface area contributed by atoms with Crippen LogP contribution in [0.15, 0.2) is 30.0 Å². The summed E-state index contributed by atoms with van der Waals surface area (Å²) in [6, 6.07) is 2.15. The van der Waals surface area contributed by atoms with Crippen LogP contribution in [-0.4, -0.2) is 10.8 Å². The Morgan fingerprint density at radius 3 is 2.81 bits per heavy atom. The predicted molar refractivity (Wildman–Crippen MR) is 68.6 cm³/mol. The van der Waals surface area contributed by atoms with E-state index in [1.54, 1.807) is 0 Å². The first-order chi connectivity index (χ1) is 7.60. The van der Waals surface area contributed by atoms with Gasteiger partial charge < -0.3 is 5.73 Å². The van der Waals surface area contributed by atoms with Crippen LogP contribution in [0, 0.1) is 0 Å². The van der Waals surface area contributed by atoms with Crippen LogP contribution < -0.4 is 5.73 Å². The molecule has 0 spiro atoms. The second kappa shape index (κ2) is 5.45. The maximum Gasteiger partial charge on any atom is 0.149 e. The van der Waals surface area contributed by atoms with Gasteiger partial charge in [0.15, 0.2) is 0 Å². The van der Waals surface area contributed by atoms with Gasteiger partial charge in [0.2, 0.25) is 0 Å². The van der Waals surface area contributed by atoms with Gasteiger partial charge in [0.1, 0.15) is 11.5 Å². The summed E-state index contributed by atoms with van der Waals surface area (Å²) in [5.41, 5.74) is 8.96. The van der Waals surface area contributed by atoms with Crippen LogP contribution in [-0.2, 0) is 6.42 Å². The topological polar surface area (TPSA) is 51.3 Å². The molecule has 0 aromatic carbocycles. The first-order valence-electron chi connectivity index (χ1n) is 5.53. The Kier molecular flexibility index (Phi) is 4.23. The SMILES string of the molecule is C=CN=C(N)c1ncc(C(C)C)cc1CC. The van der Waals surface area contributed by atoms with Crippen molar-refractivity contribution in [1.82, 2.24) is 4.98 Å². The van der Waals surface area contributed by atoms with Crippen LogP contribution in [0.2, 0.25) is 0 Å². The molecule has 0 saturated heterocycles. The van der Waals surface area contributed by atoms with Crippen molar-refractivity contribution in [1.29, 1.82) is 0 Å². The summed E-state index contributed by atoms with van der Waals surface area (Å²) in [6.45, 7) is 9.92. The molecular weight excluding hydrogens is 198 g/mol. The van der Waals surface area contributed by atoms with Gasteiger partial charge in [-0.1, -0.05) is 33.4 Å². The second-order valence-corrected chi connectivity index (χ2v) is 3.98. The lowest BCUT2D eigenvalue weighted by atomic mass is 10.0. The zero-order valence-electron chi connectivity index (χ0n) is 10.2. The number of hydrogen-bond acceptors (Lipinski definition) is 2. The van der Waals surface area contributed by atoms with Crippen LogP contribution in [0.25, 0.3) is 0 Å². The molecule has 3 heteroatoms. The van der Waals surface area contributed by atoms with E-state index >= 15 is 0 Å². The van der Waals surface area contributed by atoms with Crippen LogP contribution in [0.5, 0.6) is 0 Å². The average molecular weight is 217 g/mol. The number of nitrogens with zero attached hydrogens (tertiary/aromatic N) is 2. The van der Waals surface area contributed by atoms with Gasteiger partial charge in [-0.25, -0.2) is 4.99 Å². The summed E-state index contributed by atoms with van der Waals surface area (Å²) in [5, 5.41) is 0. The van der Waals surface area contributed by atoms with Gasteiger partial charge in [-0.15, -0.1) is 0 Å². The Hall–Kier alpha value is -1.64. The lowest BCUT2D eigenvalue weighted by Crippen LogP contribution is -2.17. The number of nitrogens with two attached hydrogens (primary N) is 1. The van der Waals surface area contributed by atoms with E-state index in [0.29, 0.717) is 11.8 Å². The Morgan fingerprint density at radius 2 is 2.31 bits per heavy atom. The lowest BCUT2D eigenvalue weighted by Gasteiger charge is -2.10. The summed E-state index contributed by atoms with van der Waals surface area (Å²) in [5.74, 6) is 0.909. The fourth-order valence-corrected chi connectivity index (χ4v) is 1.50. The summed E-state index contributed by atoms with van der Waals surface area (Å²) < 4.78 is 0. The number of pyridine rings is 1. The van der Waals surface area contributed by atoms with Crippen molar-refractivity contribution in [2.75, 3.05) is 0 Å². The first kappa shape index (κ1) is 12.4. The fraction of sp³-hybridized carbons (Fsp3) is 0.385. The molecule has 0 unspecified atom stereocenters. The zero-order chi connectivity index (χ0) is 12.1. The molecule has 0 radical (unpaired) electrons. The van der Waals surface area contributed by atoms with Crippen LogP contribution >= 0.6 is 0 Å². The quantitative estimate of drug-likeness (QED) is 0.622. The van der Waals surface area contributed by atoms with Gasteiger partial charge in [-0.05, 0) is 23.5 Å². The largest absolute Gasteiger partial charge is 0.382 e. The zero-order valence-corrected chi connectivity index (χ0v) is 10.2. The minimum Gasteiger partial charge on any atom is -0.382 e. The predicted octanol–water partition coefficient (Wildman–Crippen LogP) is 2.62. The van der Waals surface area contributed by atoms with Crippen molar-refractivity contribution in [3.8, 4) is 0 Å². The number of amidine groups is 1. The third-order valence-corrected chi connectivity index (χ3v) is 2.51. The Balaban J connectivity index is 3.21. The van der Waals surface area contributed by atoms with Crippen molar-refractivity contribution < 1.29 is 0 Å². The van der Waals surface area contributed by atoms with E-state index < -0.39 is 0 Å². The second-order valence-electron chi connectivity index (χ2n) is 3.98. The molecule has 16 heavy (non-hydrogen) atoms. The highest BCUT2D eigenvalue weighted by atomic mass is 14.9. The average Bonchev–Trinajstić information content (AvgIpc) is 2.28. The standard InChI is InChI=1S/C13H19N3/c1-5-10-7-11(9(3)4)8-16-12(10)13(14)15-6-2/h6-9H,2,5H2,1,3-4H3,(H2,14,15). The van der Waals surface area contributed by atoms with E-state index in [2.05, 4.69) is 43.4 Å². The van der Waals surface area contributed by atoms with Crippen molar-refractivity contribution in [3.63, 3.8) is 0 Å². The van der Waals surface area contributed by atoms with E-state index in [1.807, 2.05) is 6.20 Å². The highest BCUT2D eigenvalue weighted by Gasteiger charge is 2.09. The molecule has 0 fully saturated rings. The summed E-state index contributed by atoms with van der Waals surface area (Å²) >= 11 is 0. The van der Waals surface area contributed by atoms with Crippen molar-refractivity contribution >= 4 is 5.84 Å². The maximum atomic E-state index is 5.82. The number of hydrogen-bond donors (Lipinski definition) is 1. The third-order valence-electron chi connectivity index (χ3n) is 2.51. The summed E-state index contributed by atoms with van der Waals surface area (Å²) in [7, 11) is 0. The molecule has 0 atom stereocenters. The number of aromatic nitrogens is 1. The third kappa shape index (κ3) is 2.69. The number of aliphatic imine (C=N–C) groups is 1.